The van der Waals surface area contributed by atoms with Crippen LogP contribution in [-0.4, -0.2) is 12.3 Å². The van der Waals surface area contributed by atoms with Crippen molar-refractivity contribution >= 4 is 5.78 Å². The molecule has 0 bridgehead atoms. The molecule has 2 nitrogen and oxygen atoms in total. The smallest absolute Gasteiger partial charge is 0.137 e. The maximum Gasteiger partial charge on any atom is 0.137 e. The highest BCUT2D eigenvalue weighted by molar-refractivity contribution is 5.81. The molecule has 0 amide bonds. The molecular weight excluding hydrogens is 198 g/mol. The van der Waals surface area contributed by atoms with Gasteiger partial charge in [-0.25, -0.2) is 0 Å². The molecule has 0 fully saturated rings. The SMILES string of the molecule is CCCCC(CC)CC(=O)C(CN)CCC. The van der Waals surface area contributed by atoms with E-state index in [1.165, 1.54) is 19.3 Å². The van der Waals surface area contributed by atoms with Gasteiger partial charge in [0.1, 0.15) is 5.78 Å². The van der Waals surface area contributed by atoms with E-state index in [1.54, 1.807) is 0 Å². The molecule has 0 aliphatic carbocycles. The first-order valence-electron chi connectivity index (χ1n) is 6.92. The van der Waals surface area contributed by atoms with Crippen molar-refractivity contribution in [3.8, 4) is 0 Å². The van der Waals surface area contributed by atoms with Crippen LogP contribution in [0.1, 0.15) is 65.7 Å². The first-order chi connectivity index (χ1) is 7.69. The molecule has 0 aromatic heterocycles. The van der Waals surface area contributed by atoms with Gasteiger partial charge >= 0.3 is 0 Å². The van der Waals surface area contributed by atoms with Crippen molar-refractivity contribution < 1.29 is 4.79 Å². The third-order valence-electron chi connectivity index (χ3n) is 3.41. The summed E-state index contributed by atoms with van der Waals surface area (Å²) in [5.74, 6) is 1.09. The number of hydrogen-bond acceptors (Lipinski definition) is 2. The van der Waals surface area contributed by atoms with E-state index >= 15 is 0 Å². The first-order valence-corrected chi connectivity index (χ1v) is 6.92. The fraction of sp³-hybridized carbons (Fsp3) is 0.929. The minimum Gasteiger partial charge on any atom is -0.330 e. The van der Waals surface area contributed by atoms with Crippen LogP contribution in [0.25, 0.3) is 0 Å². The van der Waals surface area contributed by atoms with Crippen LogP contribution in [0.15, 0.2) is 0 Å². The standard InChI is InChI=1S/C14H29NO/c1-4-7-9-12(6-3)10-14(16)13(11-15)8-5-2/h12-13H,4-11,15H2,1-3H3. The molecule has 0 saturated heterocycles. The zero-order valence-electron chi connectivity index (χ0n) is 11.3. The Morgan fingerprint density at radius 3 is 2.25 bits per heavy atom. The van der Waals surface area contributed by atoms with Gasteiger partial charge in [-0.2, -0.15) is 0 Å². The van der Waals surface area contributed by atoms with Gasteiger partial charge in [-0.3, -0.25) is 4.79 Å². The average molecular weight is 227 g/mol. The zero-order valence-corrected chi connectivity index (χ0v) is 11.3. The number of hydrogen-bond donors (Lipinski definition) is 1. The summed E-state index contributed by atoms with van der Waals surface area (Å²) in [4.78, 5) is 12.0. The molecule has 0 aromatic rings. The van der Waals surface area contributed by atoms with Crippen LogP contribution in [0, 0.1) is 11.8 Å². The molecule has 0 saturated carbocycles. The molecule has 16 heavy (non-hydrogen) atoms. The summed E-state index contributed by atoms with van der Waals surface area (Å²) in [5, 5.41) is 0. The summed E-state index contributed by atoms with van der Waals surface area (Å²) in [6.45, 7) is 7.03. The highest BCUT2D eigenvalue weighted by atomic mass is 16.1. The summed E-state index contributed by atoms with van der Waals surface area (Å²) in [6.07, 6.45) is 7.54. The lowest BCUT2D eigenvalue weighted by Crippen LogP contribution is -2.25. The zero-order chi connectivity index (χ0) is 12.4. The number of ketones is 1. The molecule has 2 heteroatoms. The highest BCUT2D eigenvalue weighted by Gasteiger charge is 2.19. The molecule has 2 unspecified atom stereocenters. The summed E-state index contributed by atoms with van der Waals surface area (Å²) < 4.78 is 0. The quantitative estimate of drug-likeness (QED) is 0.620. The van der Waals surface area contributed by atoms with Gasteiger partial charge in [-0.1, -0.05) is 52.9 Å². The van der Waals surface area contributed by atoms with E-state index < -0.39 is 0 Å². The molecule has 0 aliphatic heterocycles. The maximum absolute atomic E-state index is 12.0. The summed E-state index contributed by atoms with van der Waals surface area (Å²) in [7, 11) is 0. The molecular formula is C14H29NO. The van der Waals surface area contributed by atoms with E-state index in [1.807, 2.05) is 0 Å². The summed E-state index contributed by atoms with van der Waals surface area (Å²) in [5.41, 5.74) is 5.66. The normalized spacial score (nSPS) is 14.8. The van der Waals surface area contributed by atoms with Gasteiger partial charge in [-0.15, -0.1) is 0 Å². The number of carbonyl (C=O) groups is 1. The lowest BCUT2D eigenvalue weighted by Gasteiger charge is -2.18. The minimum absolute atomic E-state index is 0.112. The fourth-order valence-electron chi connectivity index (χ4n) is 2.15. The first kappa shape index (κ1) is 15.6. The molecule has 0 heterocycles. The van der Waals surface area contributed by atoms with Crippen LogP contribution in [0.2, 0.25) is 0 Å². The summed E-state index contributed by atoms with van der Waals surface area (Å²) >= 11 is 0. The number of unbranched alkanes of at least 4 members (excludes halogenated alkanes) is 1. The van der Waals surface area contributed by atoms with E-state index in [4.69, 9.17) is 5.73 Å². The van der Waals surface area contributed by atoms with Crippen molar-refractivity contribution in [1.82, 2.24) is 0 Å². The fourth-order valence-corrected chi connectivity index (χ4v) is 2.15. The van der Waals surface area contributed by atoms with Crippen molar-refractivity contribution in [3.63, 3.8) is 0 Å². The lowest BCUT2D eigenvalue weighted by atomic mass is 9.87. The molecule has 0 rings (SSSR count). The van der Waals surface area contributed by atoms with E-state index in [2.05, 4.69) is 20.8 Å². The van der Waals surface area contributed by atoms with E-state index in [9.17, 15) is 4.79 Å². The Morgan fingerprint density at radius 2 is 1.81 bits per heavy atom. The van der Waals surface area contributed by atoms with Gasteiger partial charge in [0, 0.05) is 18.9 Å². The number of rotatable bonds is 10. The minimum atomic E-state index is 0.112. The molecule has 2 atom stereocenters. The number of carbonyl (C=O) groups excluding carboxylic acids is 1. The molecule has 0 aliphatic rings. The van der Waals surface area contributed by atoms with Crippen molar-refractivity contribution in [2.24, 2.45) is 17.6 Å². The second-order valence-corrected chi connectivity index (χ2v) is 4.81. The highest BCUT2D eigenvalue weighted by Crippen LogP contribution is 2.20. The number of Topliss-reactive ketones (excluding diaryl/α,β-unsaturated/α-hetero) is 1. The second kappa shape index (κ2) is 9.83. The van der Waals surface area contributed by atoms with Gasteiger partial charge in [0.15, 0.2) is 0 Å². The molecule has 0 radical (unpaired) electrons. The van der Waals surface area contributed by atoms with Gasteiger partial charge in [0.25, 0.3) is 0 Å². The molecule has 96 valence electrons. The Labute approximate surface area is 101 Å². The van der Waals surface area contributed by atoms with Gasteiger partial charge in [-0.05, 0) is 12.3 Å². The van der Waals surface area contributed by atoms with Crippen LogP contribution in [0.4, 0.5) is 0 Å². The van der Waals surface area contributed by atoms with Crippen LogP contribution >= 0.6 is 0 Å². The van der Waals surface area contributed by atoms with Crippen molar-refractivity contribution in [3.05, 3.63) is 0 Å². The predicted octanol–water partition coefficient (Wildman–Crippen LogP) is 3.54. The van der Waals surface area contributed by atoms with Gasteiger partial charge in [0.2, 0.25) is 0 Å². The summed E-state index contributed by atoms with van der Waals surface area (Å²) in [6, 6.07) is 0. The lowest BCUT2D eigenvalue weighted by molar-refractivity contribution is -0.123. The largest absolute Gasteiger partial charge is 0.330 e. The van der Waals surface area contributed by atoms with Crippen molar-refractivity contribution in [1.29, 1.82) is 0 Å². The van der Waals surface area contributed by atoms with E-state index in [-0.39, 0.29) is 5.92 Å². The molecule has 0 aromatic carbocycles. The molecule has 0 spiro atoms. The van der Waals surface area contributed by atoms with Crippen LogP contribution in [0.3, 0.4) is 0 Å². The monoisotopic (exact) mass is 227 g/mol. The third-order valence-corrected chi connectivity index (χ3v) is 3.41. The van der Waals surface area contributed by atoms with Crippen molar-refractivity contribution in [2.75, 3.05) is 6.54 Å². The number of nitrogens with two attached hydrogens (primary N) is 1. The van der Waals surface area contributed by atoms with Crippen LogP contribution < -0.4 is 5.73 Å². The van der Waals surface area contributed by atoms with Crippen molar-refractivity contribution in [2.45, 2.75) is 65.7 Å². The Hall–Kier alpha value is -0.370. The maximum atomic E-state index is 12.0. The third kappa shape index (κ3) is 6.26. The molecule has 2 N–H and O–H groups in total. The Kier molecular flexibility index (Phi) is 9.60. The Morgan fingerprint density at radius 1 is 1.12 bits per heavy atom. The predicted molar refractivity (Wildman–Crippen MR) is 70.4 cm³/mol. The van der Waals surface area contributed by atoms with E-state index in [0.29, 0.717) is 18.2 Å². The topological polar surface area (TPSA) is 43.1 Å². The second-order valence-electron chi connectivity index (χ2n) is 4.81. The van der Waals surface area contributed by atoms with Gasteiger partial charge < -0.3 is 5.73 Å². The van der Waals surface area contributed by atoms with Crippen LogP contribution in [0.5, 0.6) is 0 Å². The Balaban J connectivity index is 4.05. The van der Waals surface area contributed by atoms with E-state index in [0.717, 1.165) is 25.7 Å². The average Bonchev–Trinajstić information content (AvgIpc) is 2.30. The van der Waals surface area contributed by atoms with Gasteiger partial charge in [0.05, 0.1) is 0 Å². The van der Waals surface area contributed by atoms with Crippen LogP contribution in [-0.2, 0) is 4.79 Å². The Bertz CT molecular complexity index is 180.